The Morgan fingerprint density at radius 2 is 2.04 bits per heavy atom. The Balaban J connectivity index is 2.01. The number of rotatable bonds is 3. The summed E-state index contributed by atoms with van der Waals surface area (Å²) in [6.45, 7) is 1.77. The van der Waals surface area contributed by atoms with E-state index >= 15 is 0 Å². The van der Waals surface area contributed by atoms with Crippen LogP contribution in [0.15, 0.2) is 47.1 Å². The van der Waals surface area contributed by atoms with E-state index in [0.29, 0.717) is 31.3 Å². The number of halogens is 2. The molecular weight excluding hydrogens is 455 g/mol. The molecule has 0 unspecified atom stereocenters. The molecule has 0 atom stereocenters. The fourth-order valence-corrected chi connectivity index (χ4v) is 3.31. The van der Waals surface area contributed by atoms with Crippen LogP contribution in [-0.2, 0) is 4.79 Å². The van der Waals surface area contributed by atoms with Gasteiger partial charge < -0.3 is 9.84 Å². The fraction of sp³-hybridized carbons (Fsp3) is 0.111. The smallest absolute Gasteiger partial charge is 0.280 e. The van der Waals surface area contributed by atoms with Gasteiger partial charge in [0.15, 0.2) is 11.5 Å². The van der Waals surface area contributed by atoms with E-state index in [1.54, 1.807) is 49.4 Å². The number of carbonyl (C=O) groups excluding carboxylic acids is 1. The largest absolute Gasteiger partial charge is 0.504 e. The first-order valence-corrected chi connectivity index (χ1v) is 8.81. The van der Waals surface area contributed by atoms with E-state index in [-0.39, 0.29) is 11.7 Å². The summed E-state index contributed by atoms with van der Waals surface area (Å²) >= 11 is 8.19. The molecule has 0 fully saturated rings. The zero-order valence-corrected chi connectivity index (χ0v) is 16.4. The van der Waals surface area contributed by atoms with E-state index in [4.69, 9.17) is 16.3 Å². The number of carbonyl (C=O) groups is 1. The van der Waals surface area contributed by atoms with E-state index in [2.05, 4.69) is 5.10 Å². The second-order valence-corrected chi connectivity index (χ2v) is 6.93. The van der Waals surface area contributed by atoms with Crippen molar-refractivity contribution in [1.29, 1.82) is 0 Å². The summed E-state index contributed by atoms with van der Waals surface area (Å²) in [5.74, 6) is 0.167. The molecule has 1 aliphatic rings. The predicted molar refractivity (Wildman–Crippen MR) is 107 cm³/mol. The Bertz CT molecular complexity index is 925. The Morgan fingerprint density at radius 1 is 1.32 bits per heavy atom. The normalized spacial score (nSPS) is 15.7. The summed E-state index contributed by atoms with van der Waals surface area (Å²) in [5, 5.41) is 16.0. The molecule has 1 N–H and O–H groups in total. The van der Waals surface area contributed by atoms with Crippen molar-refractivity contribution in [2.45, 2.75) is 6.92 Å². The number of anilines is 1. The van der Waals surface area contributed by atoms with E-state index in [9.17, 15) is 9.90 Å². The number of aromatic hydroxyl groups is 1. The van der Waals surface area contributed by atoms with Crippen LogP contribution in [0.25, 0.3) is 6.08 Å². The molecule has 3 rings (SSSR count). The molecule has 5 nitrogen and oxygen atoms in total. The van der Waals surface area contributed by atoms with Gasteiger partial charge in [-0.1, -0.05) is 23.7 Å². The lowest BCUT2D eigenvalue weighted by molar-refractivity contribution is -0.114. The first-order chi connectivity index (χ1) is 11.9. The van der Waals surface area contributed by atoms with E-state index in [1.807, 2.05) is 22.6 Å². The van der Waals surface area contributed by atoms with Gasteiger partial charge in [0.25, 0.3) is 5.91 Å². The minimum absolute atomic E-state index is 0.0751. The van der Waals surface area contributed by atoms with Crippen LogP contribution in [0.3, 0.4) is 0 Å². The quantitative estimate of drug-likeness (QED) is 0.534. The third kappa shape index (κ3) is 3.36. The highest BCUT2D eigenvalue weighted by Crippen LogP contribution is 2.34. The number of phenolic OH excluding ortho intramolecular Hbond substituents is 1. The molecule has 1 heterocycles. The van der Waals surface area contributed by atoms with Crippen molar-refractivity contribution in [3.63, 3.8) is 0 Å². The molecule has 0 saturated heterocycles. The van der Waals surface area contributed by atoms with E-state index in [0.717, 1.165) is 5.56 Å². The van der Waals surface area contributed by atoms with Gasteiger partial charge in [-0.2, -0.15) is 10.1 Å². The van der Waals surface area contributed by atoms with Crippen LogP contribution < -0.4 is 9.75 Å². The van der Waals surface area contributed by atoms with Crippen LogP contribution in [-0.4, -0.2) is 23.8 Å². The predicted octanol–water partition coefficient (Wildman–Crippen LogP) is 4.46. The second kappa shape index (κ2) is 7.05. The molecule has 25 heavy (non-hydrogen) atoms. The lowest BCUT2D eigenvalue weighted by Gasteiger charge is -2.13. The average molecular weight is 469 g/mol. The maximum Gasteiger partial charge on any atom is 0.280 e. The van der Waals surface area contributed by atoms with Crippen molar-refractivity contribution in [3.8, 4) is 11.5 Å². The zero-order chi connectivity index (χ0) is 18.1. The SMILES string of the molecule is COc1cc(C=C2C(=O)N(c3ccccc3Cl)N=C2C)cc(I)c1O. The topological polar surface area (TPSA) is 62.1 Å². The van der Waals surface area contributed by atoms with Crippen molar-refractivity contribution in [2.24, 2.45) is 5.10 Å². The summed E-state index contributed by atoms with van der Waals surface area (Å²) in [6.07, 6.45) is 1.72. The molecule has 0 bridgehead atoms. The molecular formula is C18H14ClIN2O3. The third-order valence-electron chi connectivity index (χ3n) is 3.72. The lowest BCUT2D eigenvalue weighted by atomic mass is 10.1. The average Bonchev–Trinajstić information content (AvgIpc) is 2.86. The highest BCUT2D eigenvalue weighted by Gasteiger charge is 2.29. The molecule has 1 aliphatic heterocycles. The Labute approximate surface area is 163 Å². The van der Waals surface area contributed by atoms with Crippen LogP contribution in [0.1, 0.15) is 12.5 Å². The number of ether oxygens (including phenoxy) is 1. The molecule has 0 aromatic heterocycles. The summed E-state index contributed by atoms with van der Waals surface area (Å²) in [7, 11) is 1.48. The van der Waals surface area contributed by atoms with Gasteiger partial charge in [0.1, 0.15) is 0 Å². The summed E-state index contributed by atoms with van der Waals surface area (Å²) in [5.41, 5.74) is 2.32. The Hall–Kier alpha value is -2.06. The molecule has 2 aromatic carbocycles. The number of para-hydroxylation sites is 1. The van der Waals surface area contributed by atoms with Crippen molar-refractivity contribution in [1.82, 2.24) is 0 Å². The summed E-state index contributed by atoms with van der Waals surface area (Å²) < 4.78 is 5.79. The monoisotopic (exact) mass is 468 g/mol. The van der Waals surface area contributed by atoms with Crippen LogP contribution >= 0.6 is 34.2 Å². The maximum atomic E-state index is 12.8. The number of nitrogens with zero attached hydrogens (tertiary/aromatic N) is 2. The minimum Gasteiger partial charge on any atom is -0.504 e. The number of methoxy groups -OCH3 is 1. The van der Waals surface area contributed by atoms with Crippen molar-refractivity contribution in [3.05, 3.63) is 56.1 Å². The second-order valence-electron chi connectivity index (χ2n) is 5.37. The van der Waals surface area contributed by atoms with Crippen LogP contribution in [0, 0.1) is 3.57 Å². The molecule has 0 spiro atoms. The number of phenols is 1. The van der Waals surface area contributed by atoms with Gasteiger partial charge in [-0.25, -0.2) is 0 Å². The molecule has 0 saturated carbocycles. The maximum absolute atomic E-state index is 12.8. The molecule has 0 aliphatic carbocycles. The highest BCUT2D eigenvalue weighted by molar-refractivity contribution is 14.1. The highest BCUT2D eigenvalue weighted by atomic mass is 127. The number of amides is 1. The van der Waals surface area contributed by atoms with Crippen molar-refractivity contribution < 1.29 is 14.6 Å². The Morgan fingerprint density at radius 3 is 2.72 bits per heavy atom. The number of hydrazone groups is 1. The van der Waals surface area contributed by atoms with Crippen molar-refractivity contribution >= 4 is 57.6 Å². The lowest BCUT2D eigenvalue weighted by Crippen LogP contribution is -2.21. The molecule has 7 heteroatoms. The standard InChI is InChI=1S/C18H14ClIN2O3/c1-10-12(7-11-8-14(20)17(23)16(9-11)25-2)18(24)22(21-10)15-6-4-3-5-13(15)19/h3-9,23H,1-2H3. The van der Waals surface area contributed by atoms with Gasteiger partial charge in [-0.3, -0.25) is 4.79 Å². The van der Waals surface area contributed by atoms with E-state index in [1.165, 1.54) is 12.1 Å². The van der Waals surface area contributed by atoms with Gasteiger partial charge >= 0.3 is 0 Å². The number of benzene rings is 2. The molecule has 0 radical (unpaired) electrons. The Kier molecular flexibility index (Phi) is 5.01. The van der Waals surface area contributed by atoms with Gasteiger partial charge in [-0.05, 0) is 65.4 Å². The first kappa shape index (κ1) is 17.8. The van der Waals surface area contributed by atoms with E-state index < -0.39 is 0 Å². The number of hydrogen-bond acceptors (Lipinski definition) is 4. The summed E-state index contributed by atoms with van der Waals surface area (Å²) in [6, 6.07) is 10.5. The number of hydrogen-bond donors (Lipinski definition) is 1. The minimum atomic E-state index is -0.257. The van der Waals surface area contributed by atoms with Gasteiger partial charge in [-0.15, -0.1) is 0 Å². The molecule has 2 aromatic rings. The zero-order valence-electron chi connectivity index (χ0n) is 13.5. The van der Waals surface area contributed by atoms with Crippen LogP contribution in [0.4, 0.5) is 5.69 Å². The molecule has 128 valence electrons. The van der Waals surface area contributed by atoms with Crippen LogP contribution in [0.5, 0.6) is 11.5 Å². The van der Waals surface area contributed by atoms with Gasteiger partial charge in [0.05, 0.1) is 32.7 Å². The molecule has 1 amide bonds. The first-order valence-electron chi connectivity index (χ1n) is 7.35. The summed E-state index contributed by atoms with van der Waals surface area (Å²) in [4.78, 5) is 12.8. The van der Waals surface area contributed by atoms with Crippen molar-refractivity contribution in [2.75, 3.05) is 12.1 Å². The van der Waals surface area contributed by atoms with Gasteiger partial charge in [0, 0.05) is 0 Å². The third-order valence-corrected chi connectivity index (χ3v) is 4.87. The fourth-order valence-electron chi connectivity index (χ4n) is 2.47. The van der Waals surface area contributed by atoms with Crippen LogP contribution in [0.2, 0.25) is 5.02 Å². The van der Waals surface area contributed by atoms with Gasteiger partial charge in [0.2, 0.25) is 0 Å².